The van der Waals surface area contributed by atoms with Crippen molar-refractivity contribution in [3.05, 3.63) is 40.5 Å². The van der Waals surface area contributed by atoms with Gasteiger partial charge < -0.3 is 24.6 Å². The van der Waals surface area contributed by atoms with E-state index < -0.39 is 11.0 Å². The highest BCUT2D eigenvalue weighted by Crippen LogP contribution is 2.43. The average molecular weight is 466 g/mol. The highest BCUT2D eigenvalue weighted by molar-refractivity contribution is 6.23. The maximum atomic E-state index is 12.0. The lowest BCUT2D eigenvalue weighted by Gasteiger charge is -2.23. The highest BCUT2D eigenvalue weighted by Gasteiger charge is 2.28. The Kier molecular flexibility index (Phi) is 9.47. The molecular formula is C25H36ClNO5. The minimum atomic E-state index is -0.601. The van der Waals surface area contributed by atoms with Gasteiger partial charge in [-0.1, -0.05) is 17.2 Å². The molecule has 0 saturated heterocycles. The van der Waals surface area contributed by atoms with Crippen molar-refractivity contribution in [1.29, 1.82) is 0 Å². The second-order valence-electron chi connectivity index (χ2n) is 8.72. The van der Waals surface area contributed by atoms with Crippen LogP contribution >= 0.6 is 11.6 Å². The van der Waals surface area contributed by atoms with Crippen molar-refractivity contribution in [3.8, 4) is 17.2 Å². The minimum absolute atomic E-state index is 0.136. The number of alkyl halides is 1. The van der Waals surface area contributed by atoms with E-state index in [1.54, 1.807) is 20.3 Å². The first kappa shape index (κ1) is 26.1. The third kappa shape index (κ3) is 6.91. The molecule has 1 aromatic rings. The predicted molar refractivity (Wildman–Crippen MR) is 128 cm³/mol. The fraction of sp³-hybridized carbons (Fsp3) is 0.560. The largest absolute Gasteiger partial charge is 0.493 e. The molecule has 0 aromatic heterocycles. The number of amides is 1. The molecule has 2 rings (SSSR count). The van der Waals surface area contributed by atoms with Crippen molar-refractivity contribution >= 4 is 17.5 Å². The van der Waals surface area contributed by atoms with Gasteiger partial charge in [0, 0.05) is 12.1 Å². The maximum absolute atomic E-state index is 12.0. The van der Waals surface area contributed by atoms with Crippen LogP contribution < -0.4 is 19.5 Å². The molecule has 0 fully saturated rings. The van der Waals surface area contributed by atoms with E-state index in [-0.39, 0.29) is 5.91 Å². The number of nitrogens with one attached hydrogen (secondary N) is 1. The van der Waals surface area contributed by atoms with E-state index in [1.807, 2.05) is 19.9 Å². The van der Waals surface area contributed by atoms with Crippen LogP contribution in [0.4, 0.5) is 0 Å². The molecule has 178 valence electrons. The smallest absolute Gasteiger partial charge is 0.252 e. The minimum Gasteiger partial charge on any atom is -0.493 e. The Hall–Kier alpha value is -2.18. The van der Waals surface area contributed by atoms with E-state index in [0.29, 0.717) is 42.4 Å². The molecule has 0 radical (unpaired) electrons. The number of methoxy groups -OCH3 is 2. The second-order valence-corrected chi connectivity index (χ2v) is 9.69. The third-order valence-electron chi connectivity index (χ3n) is 5.69. The van der Waals surface area contributed by atoms with E-state index in [1.165, 1.54) is 11.1 Å². The number of halogens is 1. The number of allylic oxidation sites excluding steroid dienone is 3. The van der Waals surface area contributed by atoms with E-state index in [2.05, 4.69) is 25.2 Å². The number of fused-ring (bicyclic) bond motifs is 1. The summed E-state index contributed by atoms with van der Waals surface area (Å²) in [4.78, 5) is 11.4. The number of rotatable bonds is 12. The summed E-state index contributed by atoms with van der Waals surface area (Å²) in [6.07, 6.45) is 7.06. The first-order valence-electron chi connectivity index (χ1n) is 11.0. The molecule has 1 heterocycles. The van der Waals surface area contributed by atoms with Crippen LogP contribution in [0.3, 0.4) is 0 Å². The SMILES string of the molecule is COc1cc2c(c(OC)c1OCC=C(C)CCC=C(C)CC[C@H](O)C(C)(C)Cl)CNC2=O. The lowest BCUT2D eigenvalue weighted by Crippen LogP contribution is -2.29. The monoisotopic (exact) mass is 465 g/mol. The first-order valence-corrected chi connectivity index (χ1v) is 11.3. The van der Waals surface area contributed by atoms with Crippen molar-refractivity contribution < 1.29 is 24.1 Å². The van der Waals surface area contributed by atoms with E-state index in [9.17, 15) is 9.90 Å². The summed E-state index contributed by atoms with van der Waals surface area (Å²) in [7, 11) is 3.11. The lowest BCUT2D eigenvalue weighted by atomic mass is 9.98. The number of ether oxygens (including phenoxy) is 3. The number of carbonyl (C=O) groups is 1. The summed E-state index contributed by atoms with van der Waals surface area (Å²) in [5.74, 6) is 1.38. The van der Waals surface area contributed by atoms with Gasteiger partial charge in [0.05, 0.1) is 30.8 Å². The van der Waals surface area contributed by atoms with Gasteiger partial charge in [0.25, 0.3) is 5.91 Å². The summed E-state index contributed by atoms with van der Waals surface area (Å²) < 4.78 is 17.0. The van der Waals surface area contributed by atoms with Crippen LogP contribution in [0, 0.1) is 0 Å². The molecule has 32 heavy (non-hydrogen) atoms. The molecule has 1 amide bonds. The first-order chi connectivity index (χ1) is 15.1. The summed E-state index contributed by atoms with van der Waals surface area (Å²) >= 11 is 6.16. The molecule has 6 nitrogen and oxygen atoms in total. The Morgan fingerprint density at radius 1 is 1.19 bits per heavy atom. The number of aliphatic hydroxyl groups is 1. The highest BCUT2D eigenvalue weighted by atomic mass is 35.5. The van der Waals surface area contributed by atoms with Crippen LogP contribution in [0.5, 0.6) is 17.2 Å². The number of carbonyl (C=O) groups excluding carboxylic acids is 1. The van der Waals surface area contributed by atoms with Gasteiger partial charge >= 0.3 is 0 Å². The summed E-state index contributed by atoms with van der Waals surface area (Å²) in [5, 5.41) is 12.9. The zero-order chi connectivity index (χ0) is 23.9. The quantitative estimate of drug-likeness (QED) is 0.329. The third-order valence-corrected chi connectivity index (χ3v) is 5.95. The molecule has 1 aliphatic heterocycles. The predicted octanol–water partition coefficient (Wildman–Crippen LogP) is 5.16. The fourth-order valence-corrected chi connectivity index (χ4v) is 3.64. The van der Waals surface area contributed by atoms with Crippen molar-refractivity contribution in [2.45, 2.75) is 70.9 Å². The van der Waals surface area contributed by atoms with Crippen molar-refractivity contribution in [2.24, 2.45) is 0 Å². The van der Waals surface area contributed by atoms with Gasteiger partial charge in [0.1, 0.15) is 6.61 Å². The van der Waals surface area contributed by atoms with Gasteiger partial charge in [-0.15, -0.1) is 11.6 Å². The van der Waals surface area contributed by atoms with Crippen LogP contribution in [-0.4, -0.2) is 42.8 Å². The zero-order valence-electron chi connectivity index (χ0n) is 20.0. The molecule has 7 heteroatoms. The molecule has 0 saturated carbocycles. The van der Waals surface area contributed by atoms with E-state index >= 15 is 0 Å². The van der Waals surface area contributed by atoms with Crippen LogP contribution in [0.1, 0.15) is 69.3 Å². The molecule has 1 aromatic carbocycles. The van der Waals surface area contributed by atoms with Gasteiger partial charge in [-0.05, 0) is 65.5 Å². The molecule has 0 spiro atoms. The van der Waals surface area contributed by atoms with Gasteiger partial charge in [-0.3, -0.25) is 4.79 Å². The van der Waals surface area contributed by atoms with Crippen LogP contribution in [0.2, 0.25) is 0 Å². The normalized spacial score (nSPS) is 15.3. The molecular weight excluding hydrogens is 430 g/mol. The maximum Gasteiger partial charge on any atom is 0.252 e. The van der Waals surface area contributed by atoms with Crippen molar-refractivity contribution in [1.82, 2.24) is 5.32 Å². The Bertz CT molecular complexity index is 870. The summed E-state index contributed by atoms with van der Waals surface area (Å²) in [6, 6.07) is 1.70. The Labute approximate surface area is 196 Å². The molecule has 0 unspecified atom stereocenters. The van der Waals surface area contributed by atoms with E-state index in [0.717, 1.165) is 24.8 Å². The Morgan fingerprint density at radius 2 is 1.88 bits per heavy atom. The molecule has 1 atom stereocenters. The van der Waals surface area contributed by atoms with Crippen molar-refractivity contribution in [2.75, 3.05) is 20.8 Å². The average Bonchev–Trinajstić information content (AvgIpc) is 3.10. The lowest BCUT2D eigenvalue weighted by molar-refractivity contribution is 0.0965. The van der Waals surface area contributed by atoms with Crippen LogP contribution in [-0.2, 0) is 6.54 Å². The fourth-order valence-electron chi connectivity index (χ4n) is 3.53. The number of hydrogen-bond donors (Lipinski definition) is 2. The molecule has 1 aliphatic rings. The number of hydrogen-bond acceptors (Lipinski definition) is 5. The second kappa shape index (κ2) is 11.6. The Morgan fingerprint density at radius 3 is 2.50 bits per heavy atom. The van der Waals surface area contributed by atoms with Gasteiger partial charge in [0.15, 0.2) is 11.5 Å². The van der Waals surface area contributed by atoms with E-state index in [4.69, 9.17) is 25.8 Å². The molecule has 2 N–H and O–H groups in total. The number of benzene rings is 1. The summed E-state index contributed by atoms with van der Waals surface area (Å²) in [6.45, 7) is 8.61. The van der Waals surface area contributed by atoms with Crippen LogP contribution in [0.25, 0.3) is 0 Å². The Balaban J connectivity index is 1.91. The standard InChI is InChI=1S/C25H36ClNO5/c1-16(10-11-21(28)25(3,4)26)8-7-9-17(2)12-13-32-23-20(30-5)14-18-19(22(23)31-6)15-27-24(18)29/h8,12,14,21,28H,7,9-11,13,15H2,1-6H3,(H,27,29)/t21-/m0/s1. The van der Waals surface area contributed by atoms with Gasteiger partial charge in [-0.2, -0.15) is 0 Å². The summed E-state index contributed by atoms with van der Waals surface area (Å²) in [5.41, 5.74) is 3.82. The zero-order valence-corrected chi connectivity index (χ0v) is 20.8. The van der Waals surface area contributed by atoms with Crippen LogP contribution in [0.15, 0.2) is 29.4 Å². The topological polar surface area (TPSA) is 77.0 Å². The molecule has 0 bridgehead atoms. The van der Waals surface area contributed by atoms with Gasteiger partial charge in [0.2, 0.25) is 5.75 Å². The number of aliphatic hydroxyl groups excluding tert-OH is 1. The van der Waals surface area contributed by atoms with Crippen molar-refractivity contribution in [3.63, 3.8) is 0 Å². The molecule has 0 aliphatic carbocycles. The van der Waals surface area contributed by atoms with Gasteiger partial charge in [-0.25, -0.2) is 0 Å².